The number of nitrogens with zero attached hydrogens (tertiary/aromatic N) is 4. The van der Waals surface area contributed by atoms with Crippen LogP contribution in [0.5, 0.6) is 0 Å². The number of aromatic carboxylic acids is 1. The fraction of sp³-hybridized carbons (Fsp3) is 0.609. The molecule has 0 spiro atoms. The van der Waals surface area contributed by atoms with Crippen molar-refractivity contribution in [3.63, 3.8) is 0 Å². The number of pyridine rings is 2. The molecule has 1 saturated carbocycles. The lowest BCUT2D eigenvalue weighted by Gasteiger charge is -2.21. The van der Waals surface area contributed by atoms with E-state index in [4.69, 9.17) is 5.73 Å². The highest BCUT2D eigenvalue weighted by Crippen LogP contribution is 2.38. The molecule has 32 heavy (non-hydrogen) atoms. The molecule has 0 aromatic carbocycles. The van der Waals surface area contributed by atoms with E-state index < -0.39 is 17.2 Å². The summed E-state index contributed by atoms with van der Waals surface area (Å²) in [5.41, 5.74) is 5.38. The monoisotopic (exact) mass is 447 g/mol. The molecule has 3 N–H and O–H groups in total. The number of halogens is 1. The van der Waals surface area contributed by atoms with Crippen LogP contribution in [0.25, 0.3) is 11.0 Å². The van der Waals surface area contributed by atoms with Gasteiger partial charge >= 0.3 is 5.97 Å². The Bertz CT molecular complexity index is 1040. The molecule has 0 amide bonds. The smallest absolute Gasteiger partial charge is 0.341 e. The van der Waals surface area contributed by atoms with Crippen LogP contribution in [-0.4, -0.2) is 64.3 Å². The number of carboxylic acids is 1. The maximum Gasteiger partial charge on any atom is 0.341 e. The molecular formula is C23H34FN5O3. The molecule has 0 bridgehead atoms. The van der Waals surface area contributed by atoms with Crippen LogP contribution < -0.4 is 16.1 Å². The van der Waals surface area contributed by atoms with Crippen molar-refractivity contribution in [3.8, 4) is 0 Å². The first-order valence-electron chi connectivity index (χ1n) is 11.4. The highest BCUT2D eigenvalue weighted by atomic mass is 19.1. The maximum absolute atomic E-state index is 14.9. The molecule has 8 nitrogen and oxygen atoms in total. The van der Waals surface area contributed by atoms with Crippen LogP contribution in [0, 0.1) is 12.7 Å². The molecule has 9 heteroatoms. The molecule has 1 aliphatic heterocycles. The van der Waals surface area contributed by atoms with E-state index in [1.54, 1.807) is 9.47 Å². The molecule has 2 fully saturated rings. The van der Waals surface area contributed by atoms with E-state index in [0.29, 0.717) is 18.7 Å². The zero-order valence-corrected chi connectivity index (χ0v) is 19.4. The third kappa shape index (κ3) is 4.78. The predicted molar refractivity (Wildman–Crippen MR) is 124 cm³/mol. The number of carboxylic acid groups (broad SMARTS) is 1. The van der Waals surface area contributed by atoms with E-state index in [1.807, 2.05) is 0 Å². The molecule has 4 rings (SSSR count). The number of aryl methyl sites for hydroxylation is 1. The molecule has 0 radical (unpaired) electrons. The second-order valence-corrected chi connectivity index (χ2v) is 8.50. The largest absolute Gasteiger partial charge is 0.477 e. The van der Waals surface area contributed by atoms with Gasteiger partial charge in [0.1, 0.15) is 11.2 Å². The van der Waals surface area contributed by atoms with Crippen LogP contribution in [0.15, 0.2) is 11.0 Å². The molecule has 1 unspecified atom stereocenters. The minimum atomic E-state index is -1.31. The standard InChI is InChI=1S/C17H19FN4O3.C6H15N/c1-8-12-14(23)11(17(24)25)7-22(10-2-3-10)15(12)20-16(13(8)18)21-5-4-9(19)6-21;1-4-7(5-2)6-3/h7,9-10H,2-6,19H2,1H3,(H,24,25);4-6H2,1-3H3. The van der Waals surface area contributed by atoms with Gasteiger partial charge in [-0.2, -0.15) is 0 Å². The zero-order chi connectivity index (χ0) is 23.6. The SMILES string of the molecule is CCN(CC)CC.Cc1c(F)c(N2CCC(N)C2)nc2c1c(=O)c(C(=O)O)cn2C1CC1. The van der Waals surface area contributed by atoms with Gasteiger partial charge in [0.2, 0.25) is 5.43 Å². The second kappa shape index (κ2) is 9.95. The third-order valence-electron chi connectivity index (χ3n) is 6.36. The summed E-state index contributed by atoms with van der Waals surface area (Å²) in [6.07, 6.45) is 3.87. The van der Waals surface area contributed by atoms with Crippen molar-refractivity contribution < 1.29 is 14.3 Å². The van der Waals surface area contributed by atoms with Crippen LogP contribution in [0.1, 0.15) is 62.0 Å². The first-order chi connectivity index (χ1) is 15.2. The van der Waals surface area contributed by atoms with Crippen molar-refractivity contribution in [3.05, 3.63) is 33.4 Å². The second-order valence-electron chi connectivity index (χ2n) is 8.50. The van der Waals surface area contributed by atoms with Crippen LogP contribution in [0.4, 0.5) is 10.2 Å². The summed E-state index contributed by atoms with van der Waals surface area (Å²) in [4.78, 5) is 32.6. The number of hydrogen-bond donors (Lipinski definition) is 2. The Labute approximate surface area is 187 Å². The third-order valence-corrected chi connectivity index (χ3v) is 6.36. The summed E-state index contributed by atoms with van der Waals surface area (Å²) < 4.78 is 16.6. The fourth-order valence-electron chi connectivity index (χ4n) is 4.15. The average molecular weight is 448 g/mol. The van der Waals surface area contributed by atoms with Crippen LogP contribution >= 0.6 is 0 Å². The van der Waals surface area contributed by atoms with E-state index in [9.17, 15) is 19.1 Å². The molecular weight excluding hydrogens is 413 g/mol. The van der Waals surface area contributed by atoms with Crippen molar-refractivity contribution >= 4 is 22.8 Å². The Morgan fingerprint density at radius 3 is 2.31 bits per heavy atom. The highest BCUT2D eigenvalue weighted by Gasteiger charge is 2.31. The average Bonchev–Trinajstić information content (AvgIpc) is 3.52. The normalized spacial score (nSPS) is 18.2. The van der Waals surface area contributed by atoms with Crippen molar-refractivity contribution in [2.45, 2.75) is 59.0 Å². The number of hydrogen-bond acceptors (Lipinski definition) is 6. The molecule has 1 atom stereocenters. The number of rotatable bonds is 6. The Kier molecular flexibility index (Phi) is 7.51. The van der Waals surface area contributed by atoms with Crippen molar-refractivity contribution in [2.24, 2.45) is 5.73 Å². The van der Waals surface area contributed by atoms with E-state index in [0.717, 1.165) is 19.3 Å². The Hall–Kier alpha value is -2.52. The van der Waals surface area contributed by atoms with E-state index in [-0.39, 0.29) is 34.4 Å². The number of fused-ring (bicyclic) bond motifs is 1. The van der Waals surface area contributed by atoms with E-state index >= 15 is 0 Å². The van der Waals surface area contributed by atoms with Gasteiger partial charge in [-0.1, -0.05) is 20.8 Å². The van der Waals surface area contributed by atoms with Gasteiger partial charge in [-0.05, 0) is 45.8 Å². The summed E-state index contributed by atoms with van der Waals surface area (Å²) in [6.45, 7) is 12.7. The van der Waals surface area contributed by atoms with Gasteiger partial charge in [-0.3, -0.25) is 4.79 Å². The number of anilines is 1. The summed E-state index contributed by atoms with van der Waals surface area (Å²) in [6, 6.07) is 0.0736. The Morgan fingerprint density at radius 2 is 1.88 bits per heavy atom. The molecule has 2 aromatic rings. The number of carbonyl (C=O) groups is 1. The minimum Gasteiger partial charge on any atom is -0.477 e. The van der Waals surface area contributed by atoms with Gasteiger partial charge in [-0.25, -0.2) is 14.2 Å². The predicted octanol–water partition coefficient (Wildman–Crippen LogP) is 2.76. The number of aromatic nitrogens is 2. The lowest BCUT2D eigenvalue weighted by Crippen LogP contribution is -2.28. The maximum atomic E-state index is 14.9. The van der Waals surface area contributed by atoms with Crippen molar-refractivity contribution in [1.82, 2.24) is 14.5 Å². The van der Waals surface area contributed by atoms with Gasteiger partial charge in [-0.15, -0.1) is 0 Å². The van der Waals surface area contributed by atoms with E-state index in [2.05, 4.69) is 30.7 Å². The Balaban J connectivity index is 0.000000360. The first kappa shape index (κ1) is 24.1. The first-order valence-corrected chi connectivity index (χ1v) is 11.4. The van der Waals surface area contributed by atoms with Crippen LogP contribution in [0.2, 0.25) is 0 Å². The van der Waals surface area contributed by atoms with Gasteiger partial charge in [0, 0.05) is 36.9 Å². The van der Waals surface area contributed by atoms with E-state index in [1.165, 1.54) is 32.8 Å². The van der Waals surface area contributed by atoms with Gasteiger partial charge < -0.3 is 25.2 Å². The molecule has 2 aliphatic rings. The lowest BCUT2D eigenvalue weighted by molar-refractivity contribution is 0.0695. The lowest BCUT2D eigenvalue weighted by atomic mass is 10.1. The Morgan fingerprint density at radius 1 is 1.25 bits per heavy atom. The highest BCUT2D eigenvalue weighted by molar-refractivity contribution is 5.93. The molecule has 176 valence electrons. The quantitative estimate of drug-likeness (QED) is 0.702. The van der Waals surface area contributed by atoms with Crippen molar-refractivity contribution in [2.75, 3.05) is 37.6 Å². The van der Waals surface area contributed by atoms with Gasteiger partial charge in [0.05, 0.1) is 5.39 Å². The van der Waals surface area contributed by atoms with Gasteiger partial charge in [0.15, 0.2) is 11.6 Å². The summed E-state index contributed by atoms with van der Waals surface area (Å²) in [5, 5.41) is 9.37. The van der Waals surface area contributed by atoms with Crippen LogP contribution in [-0.2, 0) is 0 Å². The molecule has 1 saturated heterocycles. The summed E-state index contributed by atoms with van der Waals surface area (Å²) >= 11 is 0. The zero-order valence-electron chi connectivity index (χ0n) is 19.4. The molecule has 2 aromatic heterocycles. The minimum absolute atomic E-state index is 0.0304. The summed E-state index contributed by atoms with van der Waals surface area (Å²) in [7, 11) is 0. The van der Waals surface area contributed by atoms with Crippen molar-refractivity contribution in [1.29, 1.82) is 0 Å². The topological polar surface area (TPSA) is 105 Å². The molecule has 3 heterocycles. The van der Waals surface area contributed by atoms with Gasteiger partial charge in [0.25, 0.3) is 0 Å². The molecule has 1 aliphatic carbocycles. The fourth-order valence-corrected chi connectivity index (χ4v) is 4.15. The van der Waals surface area contributed by atoms with Crippen LogP contribution in [0.3, 0.4) is 0 Å². The summed E-state index contributed by atoms with van der Waals surface area (Å²) in [5.74, 6) is -1.70. The number of nitrogens with two attached hydrogens (primary N) is 1.